The average Bonchev–Trinajstić information content (AvgIpc) is 2.33. The predicted octanol–water partition coefficient (Wildman–Crippen LogP) is 2.67. The fourth-order valence-electron chi connectivity index (χ4n) is 1.25. The first-order chi connectivity index (χ1) is 10.1. The van der Waals surface area contributed by atoms with E-state index in [1.807, 2.05) is 0 Å². The van der Waals surface area contributed by atoms with Gasteiger partial charge in [0, 0.05) is 0 Å². The lowest BCUT2D eigenvalue weighted by Crippen LogP contribution is -2.34. The highest BCUT2D eigenvalue weighted by Crippen LogP contribution is 2.28. The molecular weight excluding hydrogens is 382 g/mol. The van der Waals surface area contributed by atoms with E-state index >= 15 is 0 Å². The van der Waals surface area contributed by atoms with Crippen LogP contribution in [0.4, 0.5) is 26.3 Å². The summed E-state index contributed by atoms with van der Waals surface area (Å²) in [5, 5.41) is 0. The fraction of sp³-hybridized carbons (Fsp3) is 1.00. The van der Waals surface area contributed by atoms with Crippen LogP contribution in [0.3, 0.4) is 0 Å². The summed E-state index contributed by atoms with van der Waals surface area (Å²) in [6, 6.07) is 0. The third kappa shape index (κ3) is 7.22. The summed E-state index contributed by atoms with van der Waals surface area (Å²) in [6.07, 6.45) is -1.37. The second-order valence-corrected chi connectivity index (χ2v) is 7.47. The highest BCUT2D eigenvalue weighted by Gasteiger charge is 2.50. The van der Waals surface area contributed by atoms with Gasteiger partial charge in [0.25, 0.3) is 0 Å². The summed E-state index contributed by atoms with van der Waals surface area (Å²) in [7, 11) is -12.2. The van der Waals surface area contributed by atoms with Gasteiger partial charge in [-0.25, -0.2) is 0 Å². The van der Waals surface area contributed by atoms with Crippen molar-refractivity contribution in [1.29, 1.82) is 0 Å². The summed E-state index contributed by atoms with van der Waals surface area (Å²) in [5.74, 6) is 0. The van der Waals surface area contributed by atoms with E-state index in [2.05, 4.69) is 8.37 Å². The monoisotopic (exact) mass is 396 g/mol. The fourth-order valence-corrected chi connectivity index (χ4v) is 2.33. The minimum Gasteiger partial charge on any atom is -0.260 e. The van der Waals surface area contributed by atoms with Crippen LogP contribution in [-0.2, 0) is 28.6 Å². The molecule has 1 atom stereocenters. The van der Waals surface area contributed by atoms with Crippen molar-refractivity contribution in [3.63, 3.8) is 0 Å². The van der Waals surface area contributed by atoms with Crippen LogP contribution in [0.15, 0.2) is 0 Å². The lowest BCUT2D eigenvalue weighted by molar-refractivity contribution is -0.0635. The molecule has 0 aromatic heterocycles. The molecule has 0 radical (unpaired) electrons. The number of alkyl halides is 6. The van der Waals surface area contributed by atoms with Gasteiger partial charge in [0.1, 0.15) is 6.10 Å². The molecule has 0 aliphatic heterocycles. The van der Waals surface area contributed by atoms with Crippen LogP contribution < -0.4 is 0 Å². The Labute approximate surface area is 129 Å². The Morgan fingerprint density at radius 1 is 0.870 bits per heavy atom. The Balaban J connectivity index is 5.04. The van der Waals surface area contributed by atoms with Crippen LogP contribution in [0.2, 0.25) is 0 Å². The first-order valence-electron chi connectivity index (χ1n) is 6.09. The molecule has 0 heterocycles. The zero-order valence-electron chi connectivity index (χ0n) is 11.6. The summed E-state index contributed by atoms with van der Waals surface area (Å²) in [6.45, 7) is 0.188. The van der Waals surface area contributed by atoms with Crippen molar-refractivity contribution in [2.75, 3.05) is 6.61 Å². The molecule has 0 aliphatic carbocycles. The molecule has 0 rings (SSSR count). The van der Waals surface area contributed by atoms with Crippen molar-refractivity contribution in [2.24, 2.45) is 0 Å². The van der Waals surface area contributed by atoms with Crippen LogP contribution >= 0.6 is 0 Å². The van der Waals surface area contributed by atoms with Crippen LogP contribution in [0.25, 0.3) is 0 Å². The minimum absolute atomic E-state index is 0.101. The molecule has 0 bridgehead atoms. The van der Waals surface area contributed by atoms with E-state index in [1.165, 1.54) is 0 Å². The molecule has 1 unspecified atom stereocenters. The van der Waals surface area contributed by atoms with Crippen molar-refractivity contribution >= 4 is 20.2 Å². The van der Waals surface area contributed by atoms with Gasteiger partial charge in [-0.1, -0.05) is 26.2 Å². The van der Waals surface area contributed by atoms with Crippen LogP contribution in [0.5, 0.6) is 0 Å². The summed E-state index contributed by atoms with van der Waals surface area (Å²) >= 11 is 0. The Bertz CT molecular complexity index is 564. The summed E-state index contributed by atoms with van der Waals surface area (Å²) in [5.41, 5.74) is -11.6. The van der Waals surface area contributed by atoms with Crippen molar-refractivity contribution in [2.45, 2.75) is 49.7 Å². The maximum atomic E-state index is 12.2. The third-order valence-corrected chi connectivity index (χ3v) is 4.47. The molecule has 0 N–H and O–H groups in total. The molecule has 23 heavy (non-hydrogen) atoms. The lowest BCUT2D eigenvalue weighted by Gasteiger charge is -2.18. The molecule has 0 aromatic carbocycles. The molecule has 140 valence electrons. The van der Waals surface area contributed by atoms with Crippen LogP contribution in [-0.4, -0.2) is 40.6 Å². The molecule has 0 aromatic rings. The van der Waals surface area contributed by atoms with E-state index in [0.717, 1.165) is 0 Å². The Morgan fingerprint density at radius 3 is 1.74 bits per heavy atom. The van der Waals surface area contributed by atoms with Crippen molar-refractivity contribution in [3.05, 3.63) is 0 Å². The van der Waals surface area contributed by atoms with Gasteiger partial charge in [0.05, 0.1) is 6.61 Å². The van der Waals surface area contributed by atoms with Gasteiger partial charge < -0.3 is 0 Å². The Kier molecular flexibility index (Phi) is 7.78. The SMILES string of the molecule is CCCCCC(COS(=O)(=O)C(F)(F)F)OS(=O)(=O)C(F)(F)F. The predicted molar refractivity (Wildman–Crippen MR) is 64.9 cm³/mol. The Morgan fingerprint density at radius 2 is 1.35 bits per heavy atom. The number of hydrogen-bond acceptors (Lipinski definition) is 6. The van der Waals surface area contributed by atoms with Gasteiger partial charge in [-0.3, -0.25) is 8.37 Å². The Hall–Kier alpha value is -0.600. The maximum Gasteiger partial charge on any atom is 0.523 e. The van der Waals surface area contributed by atoms with Gasteiger partial charge >= 0.3 is 31.3 Å². The van der Waals surface area contributed by atoms with Gasteiger partial charge in [0.2, 0.25) is 0 Å². The third-order valence-electron chi connectivity index (χ3n) is 2.37. The van der Waals surface area contributed by atoms with E-state index in [0.29, 0.717) is 12.8 Å². The average molecular weight is 396 g/mol. The minimum atomic E-state index is -6.09. The largest absolute Gasteiger partial charge is 0.523 e. The summed E-state index contributed by atoms with van der Waals surface area (Å²) < 4.78 is 123. The van der Waals surface area contributed by atoms with Crippen molar-refractivity contribution in [3.8, 4) is 0 Å². The summed E-state index contributed by atoms with van der Waals surface area (Å²) in [4.78, 5) is 0. The number of hydrogen-bond donors (Lipinski definition) is 0. The lowest BCUT2D eigenvalue weighted by atomic mass is 10.1. The van der Waals surface area contributed by atoms with E-state index in [4.69, 9.17) is 0 Å². The van der Waals surface area contributed by atoms with E-state index < -0.39 is 50.4 Å². The molecule has 0 fully saturated rings. The highest BCUT2D eigenvalue weighted by atomic mass is 32.2. The quantitative estimate of drug-likeness (QED) is 0.258. The molecule has 14 heteroatoms. The standard InChI is InChI=1S/C9H14F6O6S2/c1-2-3-4-5-7(21-23(18,19)9(13,14)15)6-20-22(16,17)8(10,11)12/h7H,2-6H2,1H3. The smallest absolute Gasteiger partial charge is 0.260 e. The van der Waals surface area contributed by atoms with Crippen LogP contribution in [0, 0.1) is 0 Å². The molecule has 0 aliphatic rings. The second kappa shape index (κ2) is 7.98. The highest BCUT2D eigenvalue weighted by molar-refractivity contribution is 7.88. The van der Waals surface area contributed by atoms with Gasteiger partial charge in [-0.15, -0.1) is 0 Å². The molecular formula is C9H14F6O6S2. The van der Waals surface area contributed by atoms with E-state index in [-0.39, 0.29) is 6.42 Å². The normalized spacial score (nSPS) is 15.6. The zero-order valence-corrected chi connectivity index (χ0v) is 13.3. The molecule has 0 spiro atoms. The first kappa shape index (κ1) is 22.4. The zero-order chi connectivity index (χ0) is 18.5. The molecule has 6 nitrogen and oxygen atoms in total. The van der Waals surface area contributed by atoms with Gasteiger partial charge in [-0.2, -0.15) is 43.2 Å². The van der Waals surface area contributed by atoms with Crippen molar-refractivity contribution in [1.82, 2.24) is 0 Å². The maximum absolute atomic E-state index is 12.2. The van der Waals surface area contributed by atoms with E-state index in [9.17, 15) is 43.2 Å². The molecule has 0 saturated heterocycles. The topological polar surface area (TPSA) is 86.7 Å². The van der Waals surface area contributed by atoms with Crippen molar-refractivity contribution < 1.29 is 51.5 Å². The van der Waals surface area contributed by atoms with Gasteiger partial charge in [-0.05, 0) is 6.42 Å². The second-order valence-electron chi connectivity index (χ2n) is 4.30. The molecule has 0 saturated carbocycles. The van der Waals surface area contributed by atoms with Gasteiger partial charge in [0.15, 0.2) is 0 Å². The molecule has 0 amide bonds. The number of rotatable bonds is 9. The number of halogens is 6. The van der Waals surface area contributed by atoms with E-state index in [1.54, 1.807) is 6.92 Å². The number of unbranched alkanes of at least 4 members (excludes halogenated alkanes) is 2. The van der Waals surface area contributed by atoms with Crippen LogP contribution in [0.1, 0.15) is 32.6 Å². The first-order valence-corrected chi connectivity index (χ1v) is 8.91.